The lowest BCUT2D eigenvalue weighted by atomic mass is 10.0. The molecule has 0 saturated heterocycles. The third kappa shape index (κ3) is 1.40. The fourth-order valence-corrected chi connectivity index (χ4v) is 4.11. The van der Waals surface area contributed by atoms with Gasteiger partial charge >= 0.3 is 0 Å². The number of para-hydroxylation sites is 1. The normalized spacial score (nSPS) is 20.7. The zero-order valence-corrected chi connectivity index (χ0v) is 12.9. The first kappa shape index (κ1) is 12.4. The molecule has 0 fully saturated rings. The number of fused-ring (bicyclic) bond motifs is 4. The van der Waals surface area contributed by atoms with Crippen molar-refractivity contribution in [2.24, 2.45) is 4.99 Å². The van der Waals surface area contributed by atoms with Crippen LogP contribution in [0.5, 0.6) is 5.75 Å². The van der Waals surface area contributed by atoms with Crippen LogP contribution in [0.1, 0.15) is 5.56 Å². The van der Waals surface area contributed by atoms with Crippen LogP contribution in [0.25, 0.3) is 21.7 Å². The second-order valence-electron chi connectivity index (χ2n) is 6.56. The average molecular weight is 310 g/mol. The summed E-state index contributed by atoms with van der Waals surface area (Å²) >= 11 is 0. The van der Waals surface area contributed by atoms with E-state index in [1.807, 2.05) is 24.4 Å². The molecule has 0 amide bonds. The summed E-state index contributed by atoms with van der Waals surface area (Å²) in [5, 5.41) is 3.57. The highest BCUT2D eigenvalue weighted by molar-refractivity contribution is 5.99. The topological polar surface area (TPSA) is 26.5 Å². The van der Waals surface area contributed by atoms with Gasteiger partial charge in [0.2, 0.25) is 5.72 Å². The maximum atomic E-state index is 6.53. The first-order chi connectivity index (χ1) is 11.8. The maximum Gasteiger partial charge on any atom is 0.227 e. The Morgan fingerprint density at radius 2 is 1.83 bits per heavy atom. The van der Waals surface area contributed by atoms with Gasteiger partial charge in [-0.3, -0.25) is 4.99 Å². The number of aliphatic imine (C=N–C) groups is 1. The van der Waals surface area contributed by atoms with Gasteiger partial charge in [0.15, 0.2) is 0 Å². The molecule has 3 aromatic carbocycles. The summed E-state index contributed by atoms with van der Waals surface area (Å²) in [6.07, 6.45) is 4.90. The van der Waals surface area contributed by atoms with Crippen molar-refractivity contribution in [3.8, 4) is 5.75 Å². The van der Waals surface area contributed by atoms with Crippen molar-refractivity contribution in [1.29, 1.82) is 0 Å². The molecule has 0 saturated carbocycles. The first-order valence-electron chi connectivity index (χ1n) is 8.20. The summed E-state index contributed by atoms with van der Waals surface area (Å²) in [6.45, 7) is 0. The van der Waals surface area contributed by atoms with Crippen LogP contribution in [0.2, 0.25) is 0 Å². The fourth-order valence-electron chi connectivity index (χ4n) is 4.11. The monoisotopic (exact) mass is 310 g/mol. The molecule has 0 N–H and O–H groups in total. The Morgan fingerprint density at radius 3 is 2.83 bits per heavy atom. The third-order valence-corrected chi connectivity index (χ3v) is 5.19. The molecular formula is C21H14N2O. The Hall–Kier alpha value is -3.07. The third-order valence-electron chi connectivity index (χ3n) is 5.19. The Kier molecular flexibility index (Phi) is 2.09. The van der Waals surface area contributed by atoms with Gasteiger partial charge in [0.25, 0.3) is 0 Å². The summed E-state index contributed by atoms with van der Waals surface area (Å²) in [7, 11) is 0. The molecule has 114 valence electrons. The summed E-state index contributed by atoms with van der Waals surface area (Å²) in [4.78, 5) is 4.84. The molecule has 6 rings (SSSR count). The van der Waals surface area contributed by atoms with Crippen LogP contribution < -0.4 is 4.74 Å². The predicted octanol–water partition coefficient (Wildman–Crippen LogP) is 4.80. The highest BCUT2D eigenvalue weighted by atomic mass is 16.5. The quantitative estimate of drug-likeness (QED) is 0.458. The summed E-state index contributed by atoms with van der Waals surface area (Å²) in [5.41, 5.74) is 2.96. The summed E-state index contributed by atoms with van der Waals surface area (Å²) < 4.78 is 8.75. The lowest BCUT2D eigenvalue weighted by Crippen LogP contribution is -2.41. The Balaban J connectivity index is 1.58. The Bertz CT molecular complexity index is 1170. The van der Waals surface area contributed by atoms with E-state index in [0.29, 0.717) is 0 Å². The number of aromatic nitrogens is 1. The molecule has 1 unspecified atom stereocenters. The van der Waals surface area contributed by atoms with Gasteiger partial charge < -0.3 is 9.30 Å². The van der Waals surface area contributed by atoms with Gasteiger partial charge in [-0.05, 0) is 28.5 Å². The molecule has 1 spiro atoms. The summed E-state index contributed by atoms with van der Waals surface area (Å²) in [6, 6.07) is 21.0. The van der Waals surface area contributed by atoms with E-state index in [4.69, 9.17) is 9.73 Å². The predicted molar refractivity (Wildman–Crippen MR) is 96.3 cm³/mol. The van der Waals surface area contributed by atoms with Crippen molar-refractivity contribution < 1.29 is 4.74 Å². The van der Waals surface area contributed by atoms with Crippen LogP contribution in [0.3, 0.4) is 0 Å². The number of benzene rings is 3. The molecular weight excluding hydrogens is 296 g/mol. The largest absolute Gasteiger partial charge is 0.460 e. The van der Waals surface area contributed by atoms with E-state index < -0.39 is 5.72 Å². The van der Waals surface area contributed by atoms with Gasteiger partial charge in [0, 0.05) is 18.0 Å². The first-order valence-corrected chi connectivity index (χ1v) is 8.20. The van der Waals surface area contributed by atoms with E-state index in [0.717, 1.165) is 23.2 Å². The number of nitrogens with zero attached hydrogens (tertiary/aromatic N) is 2. The van der Waals surface area contributed by atoms with Crippen LogP contribution in [-0.4, -0.2) is 10.8 Å². The van der Waals surface area contributed by atoms with E-state index in [1.54, 1.807) is 0 Å². The van der Waals surface area contributed by atoms with Gasteiger partial charge in [-0.2, -0.15) is 0 Å². The lowest BCUT2D eigenvalue weighted by molar-refractivity contribution is 0.0809. The van der Waals surface area contributed by atoms with Crippen molar-refractivity contribution >= 4 is 33.6 Å². The molecule has 3 nitrogen and oxygen atoms in total. The van der Waals surface area contributed by atoms with Gasteiger partial charge in [0.1, 0.15) is 11.4 Å². The molecule has 2 aliphatic rings. The molecule has 4 aromatic rings. The van der Waals surface area contributed by atoms with Crippen LogP contribution >= 0.6 is 0 Å². The molecule has 0 aliphatic carbocycles. The van der Waals surface area contributed by atoms with E-state index in [-0.39, 0.29) is 0 Å². The van der Waals surface area contributed by atoms with Crippen LogP contribution in [0.15, 0.2) is 71.9 Å². The SMILES string of the molecule is C1=Nc2c(ccc3ccccc23)OC12Cc1cccc3ccn2c13. The minimum atomic E-state index is -0.541. The molecule has 3 heteroatoms. The number of rotatable bonds is 0. The lowest BCUT2D eigenvalue weighted by Gasteiger charge is -2.32. The van der Waals surface area contributed by atoms with Crippen molar-refractivity contribution in [2.45, 2.75) is 12.1 Å². The smallest absolute Gasteiger partial charge is 0.227 e. The highest BCUT2D eigenvalue weighted by Crippen LogP contribution is 2.45. The maximum absolute atomic E-state index is 6.53. The highest BCUT2D eigenvalue weighted by Gasteiger charge is 2.42. The minimum absolute atomic E-state index is 0.541. The number of ether oxygens (including phenoxy) is 1. The Morgan fingerprint density at radius 1 is 0.917 bits per heavy atom. The van der Waals surface area contributed by atoms with Gasteiger partial charge in [0.05, 0.1) is 11.7 Å². The van der Waals surface area contributed by atoms with Crippen LogP contribution in [-0.2, 0) is 12.1 Å². The molecule has 2 aliphatic heterocycles. The van der Waals surface area contributed by atoms with E-state index >= 15 is 0 Å². The fraction of sp³-hybridized carbons (Fsp3) is 0.0952. The molecule has 3 heterocycles. The number of hydrogen-bond donors (Lipinski definition) is 0. The van der Waals surface area contributed by atoms with Crippen molar-refractivity contribution in [2.75, 3.05) is 0 Å². The van der Waals surface area contributed by atoms with E-state index in [2.05, 4.69) is 53.2 Å². The number of hydrogen-bond acceptors (Lipinski definition) is 2. The van der Waals surface area contributed by atoms with E-state index in [9.17, 15) is 0 Å². The van der Waals surface area contributed by atoms with Crippen molar-refractivity contribution in [3.05, 3.63) is 72.4 Å². The zero-order chi connectivity index (χ0) is 15.7. The molecule has 1 aromatic heterocycles. The Labute approximate surface area is 138 Å². The van der Waals surface area contributed by atoms with Crippen molar-refractivity contribution in [3.63, 3.8) is 0 Å². The van der Waals surface area contributed by atoms with Crippen molar-refractivity contribution in [1.82, 2.24) is 4.57 Å². The van der Waals surface area contributed by atoms with Gasteiger partial charge in [-0.15, -0.1) is 0 Å². The second kappa shape index (κ2) is 4.06. The average Bonchev–Trinajstić information content (AvgIpc) is 3.19. The van der Waals surface area contributed by atoms with E-state index in [1.165, 1.54) is 21.9 Å². The van der Waals surface area contributed by atoms with Crippen LogP contribution in [0, 0.1) is 0 Å². The van der Waals surface area contributed by atoms with Crippen LogP contribution in [0.4, 0.5) is 5.69 Å². The molecule has 24 heavy (non-hydrogen) atoms. The van der Waals surface area contributed by atoms with Gasteiger partial charge in [-0.1, -0.05) is 48.5 Å². The zero-order valence-electron chi connectivity index (χ0n) is 12.9. The standard InChI is InChI=1S/C21H14N2O/c1-2-7-17-14(4-1)8-9-18-19(17)22-13-21(24-18)12-16-6-3-5-15-10-11-23(21)20(15)16/h1-11,13H,12H2. The second-order valence-corrected chi connectivity index (χ2v) is 6.56. The molecule has 0 radical (unpaired) electrons. The summed E-state index contributed by atoms with van der Waals surface area (Å²) in [5.74, 6) is 0.853. The van der Waals surface area contributed by atoms with Gasteiger partial charge in [-0.25, -0.2) is 0 Å². The minimum Gasteiger partial charge on any atom is -0.460 e. The molecule has 1 atom stereocenters. The molecule has 0 bridgehead atoms.